The molecule has 0 radical (unpaired) electrons. The zero-order valence-corrected chi connectivity index (χ0v) is 16.1. The fourth-order valence-electron chi connectivity index (χ4n) is 2.38. The molecule has 0 atom stereocenters. The molecule has 0 aliphatic heterocycles. The molecule has 0 unspecified atom stereocenters. The number of nitrogens with zero attached hydrogens (tertiary/aromatic N) is 3. The van der Waals surface area contributed by atoms with E-state index in [0.717, 1.165) is 11.9 Å². The molecule has 0 fully saturated rings. The zero-order chi connectivity index (χ0) is 20.7. The highest BCUT2D eigenvalue weighted by Crippen LogP contribution is 2.48. The Morgan fingerprint density at radius 2 is 1.52 bits per heavy atom. The molecule has 2 aromatic carbocycles. The van der Waals surface area contributed by atoms with Gasteiger partial charge in [-0.15, -0.1) is 0 Å². The molecular formula is C14H7BrCl2F3N3O4. The molecule has 2 aromatic rings. The molecule has 13 heteroatoms. The summed E-state index contributed by atoms with van der Waals surface area (Å²) in [4.78, 5) is 20.7. The van der Waals surface area contributed by atoms with Gasteiger partial charge in [-0.1, -0.05) is 39.1 Å². The Labute approximate surface area is 167 Å². The second-order valence-corrected chi connectivity index (χ2v) is 6.88. The van der Waals surface area contributed by atoms with Crippen molar-refractivity contribution in [1.29, 1.82) is 0 Å². The molecule has 0 spiro atoms. The van der Waals surface area contributed by atoms with Gasteiger partial charge in [0.15, 0.2) is 0 Å². The van der Waals surface area contributed by atoms with E-state index in [2.05, 4.69) is 15.9 Å². The Morgan fingerprint density at radius 3 is 1.93 bits per heavy atom. The lowest BCUT2D eigenvalue weighted by molar-refractivity contribution is -0.394. The van der Waals surface area contributed by atoms with E-state index in [-0.39, 0.29) is 21.8 Å². The lowest BCUT2D eigenvalue weighted by Gasteiger charge is -2.25. The summed E-state index contributed by atoms with van der Waals surface area (Å²) in [6.07, 6.45) is -5.12. The summed E-state index contributed by atoms with van der Waals surface area (Å²) in [5.41, 5.74) is -4.82. The van der Waals surface area contributed by atoms with Gasteiger partial charge >= 0.3 is 6.18 Å². The second kappa shape index (κ2) is 7.49. The van der Waals surface area contributed by atoms with Crippen molar-refractivity contribution >= 4 is 61.9 Å². The van der Waals surface area contributed by atoms with Gasteiger partial charge in [-0.25, -0.2) is 0 Å². The SMILES string of the molecule is CN(c1c(Cl)cc(Br)cc1Cl)c1c([N+](=O)[O-])cc([N+](=O)[O-])cc1C(F)(F)F. The Morgan fingerprint density at radius 1 is 1.00 bits per heavy atom. The van der Waals surface area contributed by atoms with Crippen molar-refractivity contribution < 1.29 is 23.0 Å². The summed E-state index contributed by atoms with van der Waals surface area (Å²) in [6.45, 7) is 0. The molecule has 0 aromatic heterocycles. The summed E-state index contributed by atoms with van der Waals surface area (Å²) in [6, 6.07) is 3.34. The molecule has 0 saturated carbocycles. The first-order valence-electron chi connectivity index (χ1n) is 6.77. The predicted molar refractivity (Wildman–Crippen MR) is 97.0 cm³/mol. The third kappa shape index (κ3) is 4.25. The topological polar surface area (TPSA) is 89.5 Å². The van der Waals surface area contributed by atoms with Gasteiger partial charge in [0.05, 0.1) is 37.2 Å². The summed E-state index contributed by atoms with van der Waals surface area (Å²) in [5, 5.41) is 22.1. The molecule has 0 heterocycles. The quantitative estimate of drug-likeness (QED) is 0.369. The van der Waals surface area contributed by atoms with Gasteiger partial charge in [0.1, 0.15) is 5.69 Å². The highest BCUT2D eigenvalue weighted by Gasteiger charge is 2.41. The summed E-state index contributed by atoms with van der Waals surface area (Å²) < 4.78 is 41.0. The minimum Gasteiger partial charge on any atom is -0.336 e. The average Bonchev–Trinajstić information content (AvgIpc) is 2.51. The Kier molecular flexibility index (Phi) is 5.88. The van der Waals surface area contributed by atoms with Crippen molar-refractivity contribution in [2.24, 2.45) is 0 Å². The van der Waals surface area contributed by atoms with Gasteiger partial charge in [0.25, 0.3) is 11.4 Å². The van der Waals surface area contributed by atoms with Crippen molar-refractivity contribution in [3.8, 4) is 0 Å². The first-order chi connectivity index (χ1) is 12.3. The van der Waals surface area contributed by atoms with Crippen LogP contribution < -0.4 is 4.90 Å². The number of alkyl halides is 3. The van der Waals surface area contributed by atoms with Crippen molar-refractivity contribution in [3.63, 3.8) is 0 Å². The fourth-order valence-corrected chi connectivity index (χ4v) is 3.85. The van der Waals surface area contributed by atoms with Crippen LogP contribution in [0.5, 0.6) is 0 Å². The maximum Gasteiger partial charge on any atom is 0.418 e. The lowest BCUT2D eigenvalue weighted by Crippen LogP contribution is -2.19. The number of hydrogen-bond donors (Lipinski definition) is 0. The van der Waals surface area contributed by atoms with E-state index < -0.39 is 38.6 Å². The Bertz CT molecular complexity index is 933. The number of benzene rings is 2. The van der Waals surface area contributed by atoms with Crippen LogP contribution in [0, 0.1) is 20.2 Å². The molecule has 0 saturated heterocycles. The van der Waals surface area contributed by atoms with Gasteiger partial charge < -0.3 is 4.90 Å². The molecule has 2 rings (SSSR count). The predicted octanol–water partition coefficient (Wildman–Crippen LogP) is 6.36. The van der Waals surface area contributed by atoms with E-state index in [4.69, 9.17) is 23.2 Å². The van der Waals surface area contributed by atoms with Gasteiger partial charge in [0.2, 0.25) is 0 Å². The van der Waals surface area contributed by atoms with Crippen LogP contribution in [-0.2, 0) is 6.18 Å². The normalized spacial score (nSPS) is 11.4. The van der Waals surface area contributed by atoms with Crippen molar-refractivity contribution in [2.75, 3.05) is 11.9 Å². The maximum absolute atomic E-state index is 13.5. The molecule has 0 aliphatic carbocycles. The van der Waals surface area contributed by atoms with Gasteiger partial charge in [-0.2, -0.15) is 13.2 Å². The summed E-state index contributed by atoms with van der Waals surface area (Å²) >= 11 is 15.2. The Hall–Kier alpha value is -2.11. The number of nitro groups is 2. The average molecular weight is 489 g/mol. The zero-order valence-electron chi connectivity index (χ0n) is 13.1. The highest BCUT2D eigenvalue weighted by molar-refractivity contribution is 9.10. The number of hydrogen-bond acceptors (Lipinski definition) is 5. The molecule has 0 bridgehead atoms. The van der Waals surface area contributed by atoms with Crippen LogP contribution in [0.1, 0.15) is 5.56 Å². The number of nitro benzene ring substituents is 2. The van der Waals surface area contributed by atoms with Crippen molar-refractivity contribution in [1.82, 2.24) is 0 Å². The third-order valence-electron chi connectivity index (χ3n) is 3.44. The van der Waals surface area contributed by atoms with Crippen LogP contribution in [0.2, 0.25) is 10.0 Å². The molecule has 7 nitrogen and oxygen atoms in total. The number of rotatable bonds is 4. The molecule has 144 valence electrons. The van der Waals surface area contributed by atoms with Gasteiger partial charge in [-0.3, -0.25) is 20.2 Å². The van der Waals surface area contributed by atoms with E-state index in [9.17, 15) is 33.4 Å². The first-order valence-corrected chi connectivity index (χ1v) is 8.31. The second-order valence-electron chi connectivity index (χ2n) is 5.15. The standard InChI is InChI=1S/C14H7BrCl2F3N3O4/c1-21(13-9(16)2-6(15)3-10(13)17)12-8(14(18,19)20)4-7(22(24)25)5-11(12)23(26)27/h2-5H,1H3. The minimum atomic E-state index is -5.12. The molecular weight excluding hydrogens is 482 g/mol. The van der Waals surface area contributed by atoms with E-state index in [0.29, 0.717) is 10.5 Å². The van der Waals surface area contributed by atoms with E-state index in [1.807, 2.05) is 0 Å². The maximum atomic E-state index is 13.5. The van der Waals surface area contributed by atoms with Crippen LogP contribution >= 0.6 is 39.1 Å². The van der Waals surface area contributed by atoms with E-state index >= 15 is 0 Å². The molecule has 0 N–H and O–H groups in total. The van der Waals surface area contributed by atoms with Gasteiger partial charge in [-0.05, 0) is 12.1 Å². The van der Waals surface area contributed by atoms with E-state index in [1.54, 1.807) is 0 Å². The smallest absolute Gasteiger partial charge is 0.336 e. The van der Waals surface area contributed by atoms with Crippen LogP contribution in [0.3, 0.4) is 0 Å². The van der Waals surface area contributed by atoms with Crippen molar-refractivity contribution in [2.45, 2.75) is 6.18 Å². The number of anilines is 2. The molecule has 27 heavy (non-hydrogen) atoms. The van der Waals surface area contributed by atoms with Crippen molar-refractivity contribution in [3.05, 3.63) is 64.6 Å². The number of halogens is 6. The van der Waals surface area contributed by atoms with Crippen LogP contribution in [0.4, 0.5) is 35.9 Å². The monoisotopic (exact) mass is 487 g/mol. The third-order valence-corrected chi connectivity index (χ3v) is 4.47. The Balaban J connectivity index is 2.90. The minimum absolute atomic E-state index is 0.0855. The lowest BCUT2D eigenvalue weighted by atomic mass is 10.1. The van der Waals surface area contributed by atoms with Crippen LogP contribution in [0.25, 0.3) is 0 Å². The van der Waals surface area contributed by atoms with E-state index in [1.165, 1.54) is 12.1 Å². The summed E-state index contributed by atoms with van der Waals surface area (Å²) in [7, 11) is 1.09. The van der Waals surface area contributed by atoms with Crippen LogP contribution in [-0.4, -0.2) is 16.9 Å². The number of non-ortho nitro benzene ring substituents is 1. The first kappa shape index (κ1) is 21.2. The highest BCUT2D eigenvalue weighted by atomic mass is 79.9. The van der Waals surface area contributed by atoms with Crippen LogP contribution in [0.15, 0.2) is 28.7 Å². The largest absolute Gasteiger partial charge is 0.418 e. The molecule has 0 amide bonds. The molecule has 0 aliphatic rings. The fraction of sp³-hybridized carbons (Fsp3) is 0.143. The van der Waals surface area contributed by atoms with Gasteiger partial charge in [0, 0.05) is 17.6 Å². The summed E-state index contributed by atoms with van der Waals surface area (Å²) in [5.74, 6) is 0.